The van der Waals surface area contributed by atoms with Gasteiger partial charge in [0.25, 0.3) is 0 Å². The van der Waals surface area contributed by atoms with E-state index in [4.69, 9.17) is 63.9 Å². The standard InChI is InChI=1S/C16H16Cl4O4P2/c1-21-9-5-11(23-3)15(13(7-9)25(17)18)16-12(24-4)6-10(22-2)8-14(16)26(19)20/h5-8H,1-4H3. The van der Waals surface area contributed by atoms with E-state index in [0.29, 0.717) is 44.7 Å². The van der Waals surface area contributed by atoms with Gasteiger partial charge in [-0.25, -0.2) is 0 Å². The molecule has 0 bridgehead atoms. The second kappa shape index (κ2) is 9.73. The first-order chi connectivity index (χ1) is 12.4. The van der Waals surface area contributed by atoms with Crippen molar-refractivity contribution in [2.45, 2.75) is 0 Å². The predicted octanol–water partition coefficient (Wildman–Crippen LogP) is 6.22. The average Bonchev–Trinajstić information content (AvgIpc) is 2.65. The molecule has 0 aliphatic heterocycles. The maximum atomic E-state index is 6.30. The third kappa shape index (κ3) is 4.55. The Morgan fingerprint density at radius 3 is 1.15 bits per heavy atom. The van der Waals surface area contributed by atoms with Gasteiger partial charge in [-0.3, -0.25) is 0 Å². The minimum Gasteiger partial charge on any atom is -0.497 e. The van der Waals surface area contributed by atoms with E-state index >= 15 is 0 Å². The molecule has 0 saturated carbocycles. The number of methoxy groups -OCH3 is 4. The second-order valence-corrected chi connectivity index (χ2v) is 11.9. The fourth-order valence-electron chi connectivity index (χ4n) is 2.48. The van der Waals surface area contributed by atoms with Crippen molar-refractivity contribution in [3.05, 3.63) is 24.3 Å². The molecule has 2 aromatic carbocycles. The molecule has 0 heterocycles. The van der Waals surface area contributed by atoms with Crippen LogP contribution in [0.4, 0.5) is 0 Å². The minimum atomic E-state index is -1.53. The van der Waals surface area contributed by atoms with Gasteiger partial charge in [0, 0.05) is 33.9 Å². The normalized spacial score (nSPS) is 11.0. The summed E-state index contributed by atoms with van der Waals surface area (Å²) < 4.78 is 21.8. The molecule has 0 aromatic heterocycles. The van der Waals surface area contributed by atoms with Gasteiger partial charge in [-0.2, -0.15) is 0 Å². The van der Waals surface area contributed by atoms with Gasteiger partial charge in [-0.1, -0.05) is 45.0 Å². The molecule has 10 heteroatoms. The van der Waals surface area contributed by atoms with Crippen molar-refractivity contribution in [3.63, 3.8) is 0 Å². The molecule has 142 valence electrons. The molecule has 0 saturated heterocycles. The van der Waals surface area contributed by atoms with Crippen LogP contribution in [0.1, 0.15) is 0 Å². The first kappa shape index (κ1) is 22.0. The van der Waals surface area contributed by atoms with Gasteiger partial charge in [0.2, 0.25) is 0 Å². The lowest BCUT2D eigenvalue weighted by Gasteiger charge is -2.22. The Morgan fingerprint density at radius 2 is 0.923 bits per heavy atom. The highest BCUT2D eigenvalue weighted by atomic mass is 35.9. The number of hydrogen-bond donors (Lipinski definition) is 0. The molecule has 2 aromatic rings. The van der Waals surface area contributed by atoms with Gasteiger partial charge in [0.15, 0.2) is 0 Å². The second-order valence-electron chi connectivity index (χ2n) is 4.91. The Balaban J connectivity index is 2.94. The lowest BCUT2D eigenvalue weighted by Crippen LogP contribution is -2.12. The molecule has 0 spiro atoms. The van der Waals surface area contributed by atoms with Gasteiger partial charge < -0.3 is 18.9 Å². The zero-order chi connectivity index (χ0) is 19.4. The van der Waals surface area contributed by atoms with Gasteiger partial charge in [0.1, 0.15) is 36.3 Å². The van der Waals surface area contributed by atoms with E-state index < -0.39 is 13.3 Å². The molecule has 0 aliphatic carbocycles. The maximum Gasteiger partial charge on any atom is 0.131 e. The number of ether oxygens (including phenoxy) is 4. The van der Waals surface area contributed by atoms with Crippen LogP contribution in [0, 0.1) is 0 Å². The maximum absolute atomic E-state index is 6.30. The lowest BCUT2D eigenvalue weighted by molar-refractivity contribution is 0.392. The third-order valence-electron chi connectivity index (χ3n) is 3.64. The summed E-state index contributed by atoms with van der Waals surface area (Å²) in [6, 6.07) is 7.01. The van der Waals surface area contributed by atoms with E-state index in [1.54, 1.807) is 52.7 Å². The number of hydrogen-bond acceptors (Lipinski definition) is 4. The molecule has 2 rings (SSSR count). The SMILES string of the molecule is COc1cc(OC)c(-c2c(OC)cc(OC)cc2P(Cl)Cl)c(P(Cl)Cl)c1. The monoisotopic (exact) mass is 474 g/mol. The van der Waals surface area contributed by atoms with Gasteiger partial charge in [-0.05, 0) is 12.1 Å². The fourth-order valence-corrected chi connectivity index (χ4v) is 5.31. The first-order valence-electron chi connectivity index (χ1n) is 7.13. The van der Waals surface area contributed by atoms with Crippen LogP contribution in [-0.2, 0) is 0 Å². The van der Waals surface area contributed by atoms with Gasteiger partial charge >= 0.3 is 0 Å². The van der Waals surface area contributed by atoms with E-state index in [9.17, 15) is 0 Å². The van der Waals surface area contributed by atoms with E-state index in [-0.39, 0.29) is 0 Å². The molecular weight excluding hydrogens is 460 g/mol. The topological polar surface area (TPSA) is 36.9 Å². The first-order valence-corrected chi connectivity index (χ1v) is 13.4. The van der Waals surface area contributed by atoms with Crippen molar-refractivity contribution in [2.75, 3.05) is 28.4 Å². The Labute approximate surface area is 174 Å². The highest BCUT2D eigenvalue weighted by Gasteiger charge is 2.27. The van der Waals surface area contributed by atoms with Crippen LogP contribution in [0.2, 0.25) is 0 Å². The summed E-state index contributed by atoms with van der Waals surface area (Å²) in [5.74, 6) is 2.18. The molecule has 0 fully saturated rings. The predicted molar refractivity (Wildman–Crippen MR) is 115 cm³/mol. The largest absolute Gasteiger partial charge is 0.497 e. The average molecular weight is 476 g/mol. The molecular formula is C16H16Cl4O4P2. The summed E-state index contributed by atoms with van der Waals surface area (Å²) in [5.41, 5.74) is 1.32. The number of benzene rings is 2. The quantitative estimate of drug-likeness (QED) is 0.445. The van der Waals surface area contributed by atoms with E-state index in [2.05, 4.69) is 0 Å². The van der Waals surface area contributed by atoms with Crippen molar-refractivity contribution >= 4 is 68.8 Å². The molecule has 26 heavy (non-hydrogen) atoms. The molecule has 0 atom stereocenters. The van der Waals surface area contributed by atoms with Crippen molar-refractivity contribution in [1.82, 2.24) is 0 Å². The molecule has 4 nitrogen and oxygen atoms in total. The summed E-state index contributed by atoms with van der Waals surface area (Å²) in [6.45, 7) is -3.05. The van der Waals surface area contributed by atoms with Crippen LogP contribution < -0.4 is 29.6 Å². The number of halogens is 4. The van der Waals surface area contributed by atoms with Crippen molar-refractivity contribution in [2.24, 2.45) is 0 Å². The zero-order valence-electron chi connectivity index (χ0n) is 14.3. The fraction of sp³-hybridized carbons (Fsp3) is 0.250. The lowest BCUT2D eigenvalue weighted by atomic mass is 10.0. The van der Waals surface area contributed by atoms with E-state index in [1.807, 2.05) is 0 Å². The Bertz CT molecular complexity index is 722. The van der Waals surface area contributed by atoms with Gasteiger partial charge in [0.05, 0.1) is 28.4 Å². The molecule has 0 amide bonds. The Morgan fingerprint density at radius 1 is 0.577 bits per heavy atom. The van der Waals surface area contributed by atoms with Crippen molar-refractivity contribution in [3.8, 4) is 34.1 Å². The summed E-state index contributed by atoms with van der Waals surface area (Å²) in [7, 11) is 6.21. The van der Waals surface area contributed by atoms with Crippen LogP contribution in [-0.4, -0.2) is 28.4 Å². The van der Waals surface area contributed by atoms with E-state index in [0.717, 1.165) is 0 Å². The third-order valence-corrected chi connectivity index (χ3v) is 7.25. The molecule has 0 aliphatic rings. The van der Waals surface area contributed by atoms with Gasteiger partial charge in [-0.15, -0.1) is 0 Å². The summed E-state index contributed by atoms with van der Waals surface area (Å²) in [4.78, 5) is 0. The van der Waals surface area contributed by atoms with Crippen LogP contribution in [0.15, 0.2) is 24.3 Å². The minimum absolute atomic E-state index is 0.517. The molecule has 0 N–H and O–H groups in total. The Hall–Kier alpha value is -0.340. The summed E-state index contributed by atoms with van der Waals surface area (Å²) in [6.07, 6.45) is 0. The highest BCUT2D eigenvalue weighted by Crippen LogP contribution is 2.55. The van der Waals surface area contributed by atoms with Crippen molar-refractivity contribution < 1.29 is 18.9 Å². The Kier molecular flexibility index (Phi) is 8.22. The van der Waals surface area contributed by atoms with Crippen LogP contribution >= 0.6 is 58.2 Å². The highest BCUT2D eigenvalue weighted by molar-refractivity contribution is 8.09. The van der Waals surface area contributed by atoms with Crippen LogP contribution in [0.25, 0.3) is 11.1 Å². The van der Waals surface area contributed by atoms with Crippen LogP contribution in [0.3, 0.4) is 0 Å². The molecule has 0 radical (unpaired) electrons. The zero-order valence-corrected chi connectivity index (χ0v) is 19.2. The summed E-state index contributed by atoms with van der Waals surface area (Å²) >= 11 is 25.2. The van der Waals surface area contributed by atoms with E-state index in [1.165, 1.54) is 0 Å². The number of rotatable bonds is 7. The summed E-state index contributed by atoms with van der Waals surface area (Å²) in [5, 5.41) is 1.30. The smallest absolute Gasteiger partial charge is 0.131 e. The van der Waals surface area contributed by atoms with Crippen LogP contribution in [0.5, 0.6) is 23.0 Å². The van der Waals surface area contributed by atoms with Crippen molar-refractivity contribution in [1.29, 1.82) is 0 Å². The molecule has 0 unspecified atom stereocenters.